The molecule has 0 spiro atoms. The summed E-state index contributed by atoms with van der Waals surface area (Å²) in [5, 5.41) is 13.1. The van der Waals surface area contributed by atoms with Gasteiger partial charge in [0, 0.05) is 5.54 Å². The Labute approximate surface area is 119 Å². The fourth-order valence-electron chi connectivity index (χ4n) is 2.71. The predicted molar refractivity (Wildman–Crippen MR) is 77.3 cm³/mol. The van der Waals surface area contributed by atoms with Gasteiger partial charge in [-0.15, -0.1) is 0 Å². The van der Waals surface area contributed by atoms with Crippen molar-refractivity contribution in [3.8, 4) is 0 Å². The number of nitrogens with zero attached hydrogens (tertiary/aromatic N) is 1. The van der Waals surface area contributed by atoms with Crippen LogP contribution in [0.2, 0.25) is 0 Å². The molecule has 1 unspecified atom stereocenters. The summed E-state index contributed by atoms with van der Waals surface area (Å²) in [7, 11) is 0. The Balaban J connectivity index is 2.02. The third-order valence-corrected chi connectivity index (χ3v) is 3.97. The van der Waals surface area contributed by atoms with Crippen LogP contribution in [0.5, 0.6) is 0 Å². The number of hydrogen-bond donors (Lipinski definition) is 2. The predicted octanol–water partition coefficient (Wildman–Crippen LogP) is 3.11. The van der Waals surface area contributed by atoms with Crippen LogP contribution in [0.15, 0.2) is 24.3 Å². The van der Waals surface area contributed by atoms with Crippen LogP contribution in [0.3, 0.4) is 0 Å². The third-order valence-electron chi connectivity index (χ3n) is 3.97. The first kappa shape index (κ1) is 14.5. The van der Waals surface area contributed by atoms with Gasteiger partial charge in [-0.3, -0.25) is 4.79 Å². The molecule has 2 N–H and O–H groups in total. The van der Waals surface area contributed by atoms with Gasteiger partial charge in [0.2, 0.25) is 0 Å². The largest absolute Gasteiger partial charge is 0.378 e. The minimum atomic E-state index is -1.17. The number of rotatable bonds is 3. The van der Waals surface area contributed by atoms with Crippen molar-refractivity contribution >= 4 is 11.6 Å². The maximum Gasteiger partial charge on any atom is 0.253 e. The van der Waals surface area contributed by atoms with E-state index in [0.717, 1.165) is 25.7 Å². The number of amides is 1. The quantitative estimate of drug-likeness (QED) is 0.831. The number of carbonyl (C=O) groups excluding carboxylic acids is 1. The molecule has 1 saturated carbocycles. The van der Waals surface area contributed by atoms with Crippen LogP contribution in [-0.2, 0) is 4.79 Å². The molecule has 0 saturated heterocycles. The molecule has 4 nitrogen and oxygen atoms in total. The lowest BCUT2D eigenvalue weighted by atomic mass is 9.83. The molecule has 1 aliphatic carbocycles. The number of carbonyl (C=O) groups is 1. The fourth-order valence-corrected chi connectivity index (χ4v) is 2.71. The molecule has 0 aliphatic heterocycles. The van der Waals surface area contributed by atoms with Crippen molar-refractivity contribution in [3.05, 3.63) is 41.2 Å². The highest BCUT2D eigenvalue weighted by Gasteiger charge is 2.30. The van der Waals surface area contributed by atoms with Crippen molar-refractivity contribution in [1.29, 1.82) is 0 Å². The molecular formula is C16H20N2O2. The summed E-state index contributed by atoms with van der Waals surface area (Å²) in [6.45, 7) is 8.93. The molecule has 4 heteroatoms. The topological polar surface area (TPSA) is 53.7 Å². The molecule has 1 atom stereocenters. The van der Waals surface area contributed by atoms with Crippen LogP contribution in [-0.4, -0.2) is 16.6 Å². The average Bonchev–Trinajstić information content (AvgIpc) is 2.47. The molecule has 1 fully saturated rings. The van der Waals surface area contributed by atoms with Crippen molar-refractivity contribution in [2.75, 3.05) is 0 Å². The summed E-state index contributed by atoms with van der Waals surface area (Å²) in [6, 6.07) is 6.48. The Morgan fingerprint density at radius 1 is 1.30 bits per heavy atom. The van der Waals surface area contributed by atoms with Crippen LogP contribution in [0, 0.1) is 6.57 Å². The van der Waals surface area contributed by atoms with Crippen molar-refractivity contribution in [3.63, 3.8) is 0 Å². The van der Waals surface area contributed by atoms with Crippen molar-refractivity contribution in [2.24, 2.45) is 0 Å². The first-order chi connectivity index (χ1) is 9.54. The van der Waals surface area contributed by atoms with E-state index >= 15 is 0 Å². The smallest absolute Gasteiger partial charge is 0.253 e. The Bertz CT molecular complexity index is 510. The Morgan fingerprint density at radius 2 is 1.90 bits per heavy atom. The standard InChI is InChI=1S/C16H20N2O2/c1-16(10-4-3-5-11-16)18-15(20)14(19)12-6-8-13(17-2)9-7-12/h6-9,14,19H,3-5,10-11H2,1H3,(H,18,20). The van der Waals surface area contributed by atoms with Crippen molar-refractivity contribution in [1.82, 2.24) is 5.32 Å². The van der Waals surface area contributed by atoms with Crippen molar-refractivity contribution in [2.45, 2.75) is 50.7 Å². The Morgan fingerprint density at radius 3 is 2.45 bits per heavy atom. The van der Waals surface area contributed by atoms with E-state index in [2.05, 4.69) is 10.2 Å². The number of aliphatic hydroxyl groups excluding tert-OH is 1. The summed E-state index contributed by atoms with van der Waals surface area (Å²) in [5.41, 5.74) is 0.821. The van der Waals surface area contributed by atoms with E-state index in [9.17, 15) is 9.90 Å². The van der Waals surface area contributed by atoms with E-state index in [4.69, 9.17) is 6.57 Å². The van der Waals surface area contributed by atoms with Gasteiger partial charge in [0.1, 0.15) is 0 Å². The highest BCUT2D eigenvalue weighted by Crippen LogP contribution is 2.28. The number of nitrogens with one attached hydrogen (secondary N) is 1. The lowest BCUT2D eigenvalue weighted by Gasteiger charge is -2.35. The first-order valence-electron chi connectivity index (χ1n) is 7.02. The molecule has 1 aromatic rings. The van der Waals surface area contributed by atoms with Crippen LogP contribution in [0.4, 0.5) is 5.69 Å². The minimum absolute atomic E-state index is 0.202. The number of aliphatic hydroxyl groups is 1. The van der Waals surface area contributed by atoms with Gasteiger partial charge in [0.15, 0.2) is 11.8 Å². The lowest BCUT2D eigenvalue weighted by Crippen LogP contribution is -2.48. The van der Waals surface area contributed by atoms with Crippen LogP contribution in [0.1, 0.15) is 50.7 Å². The van der Waals surface area contributed by atoms with E-state index in [1.807, 2.05) is 6.92 Å². The molecule has 20 heavy (non-hydrogen) atoms. The SMILES string of the molecule is [C-]#[N+]c1ccc(C(O)C(=O)NC2(C)CCCCC2)cc1. The maximum atomic E-state index is 12.1. The van der Waals surface area contributed by atoms with Gasteiger partial charge in [-0.25, -0.2) is 4.85 Å². The van der Waals surface area contributed by atoms with Gasteiger partial charge in [0.25, 0.3) is 5.91 Å². The van der Waals surface area contributed by atoms with Gasteiger partial charge in [0.05, 0.1) is 6.57 Å². The summed E-state index contributed by atoms with van der Waals surface area (Å²) < 4.78 is 0. The lowest BCUT2D eigenvalue weighted by molar-refractivity contribution is -0.131. The van der Waals surface area contributed by atoms with Gasteiger partial charge in [-0.1, -0.05) is 43.5 Å². The van der Waals surface area contributed by atoms with Gasteiger partial charge >= 0.3 is 0 Å². The second kappa shape index (κ2) is 6.06. The second-order valence-electron chi connectivity index (χ2n) is 5.72. The van der Waals surface area contributed by atoms with Crippen molar-refractivity contribution < 1.29 is 9.90 Å². The zero-order valence-corrected chi connectivity index (χ0v) is 11.7. The van der Waals surface area contributed by atoms with E-state index in [1.165, 1.54) is 6.42 Å². The molecule has 1 aliphatic rings. The molecule has 0 bridgehead atoms. The van der Waals surface area contributed by atoms with E-state index in [0.29, 0.717) is 11.3 Å². The molecule has 106 valence electrons. The zero-order chi connectivity index (χ0) is 14.6. The maximum absolute atomic E-state index is 12.1. The summed E-state index contributed by atoms with van der Waals surface area (Å²) in [6.07, 6.45) is 4.20. The Hall–Kier alpha value is -1.86. The number of benzene rings is 1. The average molecular weight is 272 g/mol. The normalized spacial score (nSPS) is 18.9. The summed E-state index contributed by atoms with van der Waals surface area (Å²) in [4.78, 5) is 15.4. The second-order valence-corrected chi connectivity index (χ2v) is 5.72. The van der Waals surface area contributed by atoms with Crippen LogP contribution in [0.25, 0.3) is 4.85 Å². The molecule has 1 aromatic carbocycles. The molecule has 2 rings (SSSR count). The minimum Gasteiger partial charge on any atom is -0.378 e. The van der Waals surface area contributed by atoms with Crippen LogP contribution < -0.4 is 5.32 Å². The highest BCUT2D eigenvalue weighted by molar-refractivity contribution is 5.82. The number of hydrogen-bond acceptors (Lipinski definition) is 2. The third kappa shape index (κ3) is 3.37. The molecule has 0 heterocycles. The van der Waals surface area contributed by atoms with E-state index in [1.54, 1.807) is 24.3 Å². The molecule has 0 radical (unpaired) electrons. The Kier molecular flexibility index (Phi) is 4.41. The van der Waals surface area contributed by atoms with E-state index in [-0.39, 0.29) is 11.4 Å². The molecule has 1 amide bonds. The van der Waals surface area contributed by atoms with E-state index < -0.39 is 6.10 Å². The van der Waals surface area contributed by atoms with Gasteiger partial charge in [-0.2, -0.15) is 0 Å². The fraction of sp³-hybridized carbons (Fsp3) is 0.500. The van der Waals surface area contributed by atoms with Crippen LogP contribution >= 0.6 is 0 Å². The first-order valence-corrected chi connectivity index (χ1v) is 7.02. The van der Waals surface area contributed by atoms with Gasteiger partial charge in [-0.05, 0) is 25.3 Å². The van der Waals surface area contributed by atoms with Gasteiger partial charge < -0.3 is 10.4 Å². The summed E-state index contributed by atoms with van der Waals surface area (Å²) in [5.74, 6) is -0.357. The zero-order valence-electron chi connectivity index (χ0n) is 11.7. The molecular weight excluding hydrogens is 252 g/mol. The highest BCUT2D eigenvalue weighted by atomic mass is 16.3. The summed E-state index contributed by atoms with van der Waals surface area (Å²) >= 11 is 0. The monoisotopic (exact) mass is 272 g/mol. The molecule has 0 aromatic heterocycles.